The van der Waals surface area contributed by atoms with Gasteiger partial charge in [0.2, 0.25) is 0 Å². The molecule has 3 heterocycles. The van der Waals surface area contributed by atoms with Crippen LogP contribution in [0.3, 0.4) is 0 Å². The minimum Gasteiger partial charge on any atom is -0.378 e. The lowest BCUT2D eigenvalue weighted by Gasteiger charge is -2.29. The summed E-state index contributed by atoms with van der Waals surface area (Å²) in [6.45, 7) is 6.68. The molecule has 0 aliphatic carbocycles. The highest BCUT2D eigenvalue weighted by molar-refractivity contribution is 6.31. The van der Waals surface area contributed by atoms with E-state index < -0.39 is 0 Å². The Balaban J connectivity index is 1.23. The molecule has 1 amide bonds. The number of carbonyl (C=O) groups excluding carboxylic acids is 1. The third kappa shape index (κ3) is 6.60. The van der Waals surface area contributed by atoms with Crippen LogP contribution < -0.4 is 26.0 Å². The number of benzene rings is 3. The third-order valence-electron chi connectivity index (χ3n) is 9.00. The molecule has 2 N–H and O–H groups in total. The van der Waals surface area contributed by atoms with Gasteiger partial charge in [-0.05, 0) is 85.0 Å². The molecule has 1 unspecified atom stereocenters. The number of nitrogens with zero attached hydrogens (tertiary/aromatic N) is 3. The zero-order chi connectivity index (χ0) is 32.4. The monoisotopic (exact) mass is 633 g/mol. The van der Waals surface area contributed by atoms with Gasteiger partial charge in [0.25, 0.3) is 11.5 Å². The third-order valence-corrected chi connectivity index (χ3v) is 9.23. The first kappa shape index (κ1) is 31.2. The Morgan fingerprint density at radius 2 is 1.74 bits per heavy atom. The molecule has 2 aliphatic heterocycles. The van der Waals surface area contributed by atoms with Crippen molar-refractivity contribution >= 4 is 45.7 Å². The largest absolute Gasteiger partial charge is 0.378 e. The maximum absolute atomic E-state index is 14.0. The molecule has 0 saturated heterocycles. The molecule has 0 saturated carbocycles. The Hall–Kier alpha value is -4.75. The van der Waals surface area contributed by atoms with Crippen molar-refractivity contribution in [2.75, 3.05) is 42.3 Å². The predicted octanol–water partition coefficient (Wildman–Crippen LogP) is 6.81. The number of aromatic nitrogens is 1. The lowest BCUT2D eigenvalue weighted by atomic mass is 9.91. The molecule has 236 valence electrons. The second-order valence-electron chi connectivity index (χ2n) is 12.3. The molecule has 1 aromatic heterocycles. The van der Waals surface area contributed by atoms with E-state index in [1.807, 2.05) is 44.6 Å². The quantitative estimate of drug-likeness (QED) is 0.223. The van der Waals surface area contributed by atoms with Crippen molar-refractivity contribution in [3.05, 3.63) is 134 Å². The maximum atomic E-state index is 14.0. The van der Waals surface area contributed by atoms with E-state index in [0.717, 1.165) is 52.3 Å². The van der Waals surface area contributed by atoms with Crippen LogP contribution in [-0.2, 0) is 17.9 Å². The first-order valence-electron chi connectivity index (χ1n) is 15.7. The highest BCUT2D eigenvalue weighted by Crippen LogP contribution is 2.37. The fraction of sp³-hybridized carbons (Fsp3) is 0.263. The van der Waals surface area contributed by atoms with Crippen LogP contribution in [0.4, 0.5) is 17.1 Å². The molecule has 7 nitrogen and oxygen atoms in total. The molecule has 6 rings (SSSR count). The molecule has 1 atom stereocenters. The summed E-state index contributed by atoms with van der Waals surface area (Å²) in [4.78, 5) is 30.6. The first-order valence-corrected chi connectivity index (χ1v) is 16.1. The topological polar surface area (TPSA) is 69.6 Å². The summed E-state index contributed by atoms with van der Waals surface area (Å²) in [5, 5.41) is 7.46. The van der Waals surface area contributed by atoms with Crippen molar-refractivity contribution in [1.29, 1.82) is 0 Å². The molecule has 0 radical (unpaired) electrons. The summed E-state index contributed by atoms with van der Waals surface area (Å²) < 4.78 is 1.71. The molecule has 3 aromatic carbocycles. The van der Waals surface area contributed by atoms with Crippen LogP contribution in [0.1, 0.15) is 42.5 Å². The van der Waals surface area contributed by atoms with Gasteiger partial charge in [-0.2, -0.15) is 0 Å². The average Bonchev–Trinajstić information content (AvgIpc) is 3.22. The second-order valence-corrected chi connectivity index (χ2v) is 12.7. The van der Waals surface area contributed by atoms with E-state index in [9.17, 15) is 9.59 Å². The Bertz CT molecular complexity index is 1890. The van der Waals surface area contributed by atoms with Crippen molar-refractivity contribution < 1.29 is 4.79 Å². The van der Waals surface area contributed by atoms with Crippen LogP contribution in [0.15, 0.2) is 102 Å². The van der Waals surface area contributed by atoms with Gasteiger partial charge in [-0.15, -0.1) is 0 Å². The van der Waals surface area contributed by atoms with Crippen molar-refractivity contribution in [3.63, 3.8) is 0 Å². The van der Waals surface area contributed by atoms with Crippen molar-refractivity contribution in [2.45, 2.75) is 39.4 Å². The number of hydrogen-bond acceptors (Lipinski definition) is 5. The fourth-order valence-corrected chi connectivity index (χ4v) is 6.40. The lowest BCUT2D eigenvalue weighted by Crippen LogP contribution is -2.31. The zero-order valence-corrected chi connectivity index (χ0v) is 27.6. The summed E-state index contributed by atoms with van der Waals surface area (Å²) >= 11 is 6.38. The Morgan fingerprint density at radius 1 is 0.978 bits per heavy atom. The Kier molecular flexibility index (Phi) is 9.04. The van der Waals surface area contributed by atoms with Gasteiger partial charge < -0.3 is 25.0 Å². The van der Waals surface area contributed by atoms with E-state index in [0.29, 0.717) is 30.2 Å². The number of nitrogens with one attached hydrogen (secondary N) is 2. The van der Waals surface area contributed by atoms with Crippen LogP contribution in [0.2, 0.25) is 5.02 Å². The number of amides is 1. The highest BCUT2D eigenvalue weighted by Gasteiger charge is 2.25. The summed E-state index contributed by atoms with van der Waals surface area (Å²) in [7, 11) is 4.03. The van der Waals surface area contributed by atoms with Crippen LogP contribution in [0, 0.1) is 0 Å². The van der Waals surface area contributed by atoms with Crippen LogP contribution in [-0.4, -0.2) is 43.7 Å². The predicted molar refractivity (Wildman–Crippen MR) is 191 cm³/mol. The van der Waals surface area contributed by atoms with E-state index in [4.69, 9.17) is 11.6 Å². The van der Waals surface area contributed by atoms with Gasteiger partial charge in [0.15, 0.2) is 0 Å². The lowest BCUT2D eigenvalue weighted by molar-refractivity contribution is -0.115. The Morgan fingerprint density at radius 3 is 2.48 bits per heavy atom. The summed E-state index contributed by atoms with van der Waals surface area (Å²) in [6, 6.07) is 26.0. The molecule has 46 heavy (non-hydrogen) atoms. The molecule has 0 bridgehead atoms. The maximum Gasteiger partial charge on any atom is 0.251 e. The standard InChI is InChI=1S/C38H40ClN5O2/c1-25-26(2)41-35-16-14-29(39)20-32(35)34(25)22-40-38(46)31-8-7-19-43(36-17-15-30(42(3)4)21-33(31)36)23-27-10-12-28(13-11-27)24-44-18-6-5-9-37(44)45/h5-6,8-18,20-21,26,41H,7,19,22-24H2,1-4H3,(H,40,46). The van der Waals surface area contributed by atoms with Gasteiger partial charge in [0.05, 0.1) is 6.54 Å². The SMILES string of the molecule is CC1=C(CNC(=O)C2=CCCN(Cc3ccc(Cn4ccccc4=O)cc3)c3ccc(N(C)C)cc32)c2cc(Cl)ccc2NC1C. The van der Waals surface area contributed by atoms with Crippen molar-refractivity contribution in [3.8, 4) is 0 Å². The van der Waals surface area contributed by atoms with E-state index >= 15 is 0 Å². The summed E-state index contributed by atoms with van der Waals surface area (Å²) in [5.41, 5.74) is 10.3. The van der Waals surface area contributed by atoms with Crippen LogP contribution in [0.25, 0.3) is 11.1 Å². The van der Waals surface area contributed by atoms with Gasteiger partial charge in [0, 0.05) is 90.8 Å². The highest BCUT2D eigenvalue weighted by atomic mass is 35.5. The number of fused-ring (bicyclic) bond motifs is 2. The van der Waals surface area contributed by atoms with Gasteiger partial charge in [-0.3, -0.25) is 9.59 Å². The minimum atomic E-state index is -0.0884. The number of carbonyl (C=O) groups is 1. The molecule has 0 spiro atoms. The Labute approximate surface area is 275 Å². The smallest absolute Gasteiger partial charge is 0.251 e. The van der Waals surface area contributed by atoms with E-state index in [1.165, 1.54) is 11.1 Å². The van der Waals surface area contributed by atoms with Gasteiger partial charge in [-0.1, -0.05) is 48.0 Å². The van der Waals surface area contributed by atoms with E-state index in [-0.39, 0.29) is 17.5 Å². The molecule has 2 aliphatic rings. The van der Waals surface area contributed by atoms with Gasteiger partial charge in [-0.25, -0.2) is 0 Å². The molecular formula is C38H40ClN5O2. The first-order chi connectivity index (χ1) is 22.2. The molecular weight excluding hydrogens is 594 g/mol. The number of pyridine rings is 1. The normalized spacial score (nSPS) is 15.7. The number of anilines is 3. The van der Waals surface area contributed by atoms with Crippen LogP contribution in [0.5, 0.6) is 0 Å². The minimum absolute atomic E-state index is 0.0106. The number of rotatable bonds is 8. The fourth-order valence-electron chi connectivity index (χ4n) is 6.23. The van der Waals surface area contributed by atoms with Crippen molar-refractivity contribution in [1.82, 2.24) is 9.88 Å². The van der Waals surface area contributed by atoms with Crippen LogP contribution >= 0.6 is 11.6 Å². The molecule has 8 heteroatoms. The number of hydrogen-bond donors (Lipinski definition) is 2. The number of halogens is 1. The molecule has 0 fully saturated rings. The van der Waals surface area contributed by atoms with Crippen molar-refractivity contribution in [2.24, 2.45) is 0 Å². The van der Waals surface area contributed by atoms with Gasteiger partial charge >= 0.3 is 0 Å². The zero-order valence-electron chi connectivity index (χ0n) is 26.8. The second kappa shape index (κ2) is 13.3. The van der Waals surface area contributed by atoms with E-state index in [2.05, 4.69) is 82.8 Å². The summed E-state index contributed by atoms with van der Waals surface area (Å²) in [6.07, 6.45) is 4.63. The molecule has 4 aromatic rings. The average molecular weight is 634 g/mol. The van der Waals surface area contributed by atoms with E-state index in [1.54, 1.807) is 16.7 Å². The summed E-state index contributed by atoms with van der Waals surface area (Å²) in [5.74, 6) is -0.0884. The van der Waals surface area contributed by atoms with Gasteiger partial charge in [0.1, 0.15) is 0 Å².